The van der Waals surface area contributed by atoms with Gasteiger partial charge in [0, 0.05) is 16.6 Å². The molecule has 0 spiro atoms. The Hall–Kier alpha value is -0.910. The van der Waals surface area contributed by atoms with Crippen molar-refractivity contribution in [1.82, 2.24) is 4.98 Å². The molecule has 3 nitrogen and oxygen atoms in total. The van der Waals surface area contributed by atoms with Crippen molar-refractivity contribution >= 4 is 34.0 Å². The smallest absolute Gasteiger partial charge is 0.0831 e. The molecule has 5 heteroatoms. The number of nitrogens with two attached hydrogens (primary N) is 1. The molecule has 0 saturated heterocycles. The van der Waals surface area contributed by atoms with E-state index < -0.39 is 0 Å². The molecule has 1 aromatic carbocycles. The Morgan fingerprint density at radius 3 is 2.50 bits per heavy atom. The van der Waals surface area contributed by atoms with Gasteiger partial charge in [0.1, 0.15) is 0 Å². The molecule has 0 aliphatic carbocycles. The van der Waals surface area contributed by atoms with Crippen molar-refractivity contribution < 1.29 is 5.48 Å². The van der Waals surface area contributed by atoms with Gasteiger partial charge in [-0.25, -0.2) is 4.98 Å². The standard InChI is InChI=1S/C9H8N2S.BrH.H2O/c10-8-4-2-1-3-7(8)9-5-12-6-11-9;;/h1-6H,10H2;1H;1H2. The second-order valence-corrected chi connectivity index (χ2v) is 3.18. The average molecular weight is 275 g/mol. The molecule has 0 aliphatic heterocycles. The van der Waals surface area contributed by atoms with Crippen molar-refractivity contribution in [2.75, 3.05) is 5.73 Å². The lowest BCUT2D eigenvalue weighted by molar-refractivity contribution is 0.824. The summed E-state index contributed by atoms with van der Waals surface area (Å²) in [6.07, 6.45) is 0. The Morgan fingerprint density at radius 2 is 1.93 bits per heavy atom. The summed E-state index contributed by atoms with van der Waals surface area (Å²) in [6.45, 7) is 0. The van der Waals surface area contributed by atoms with Crippen molar-refractivity contribution in [3.8, 4) is 11.3 Å². The van der Waals surface area contributed by atoms with E-state index >= 15 is 0 Å². The molecule has 0 unspecified atom stereocenters. The summed E-state index contributed by atoms with van der Waals surface area (Å²) in [5.41, 5.74) is 10.3. The summed E-state index contributed by atoms with van der Waals surface area (Å²) in [6, 6.07) is 7.75. The van der Waals surface area contributed by atoms with E-state index in [1.807, 2.05) is 35.2 Å². The highest BCUT2D eigenvalue weighted by atomic mass is 79.9. The maximum absolute atomic E-state index is 5.78. The number of benzene rings is 1. The molecule has 0 fully saturated rings. The fraction of sp³-hybridized carbons (Fsp3) is 0. The molecule has 0 radical (unpaired) electrons. The quantitative estimate of drug-likeness (QED) is 0.810. The fourth-order valence-electron chi connectivity index (χ4n) is 1.08. The van der Waals surface area contributed by atoms with Crippen LogP contribution in [0.1, 0.15) is 0 Å². The number of rotatable bonds is 1. The van der Waals surface area contributed by atoms with Gasteiger partial charge in [-0.2, -0.15) is 0 Å². The van der Waals surface area contributed by atoms with E-state index in [0.29, 0.717) is 0 Å². The van der Waals surface area contributed by atoms with Crippen LogP contribution in [-0.4, -0.2) is 10.5 Å². The first-order valence-corrected chi connectivity index (χ1v) is 4.55. The van der Waals surface area contributed by atoms with Gasteiger partial charge in [-0.15, -0.1) is 28.3 Å². The first-order chi connectivity index (χ1) is 5.88. The first-order valence-electron chi connectivity index (χ1n) is 3.61. The van der Waals surface area contributed by atoms with E-state index in [1.165, 1.54) is 0 Å². The zero-order valence-electron chi connectivity index (χ0n) is 7.31. The van der Waals surface area contributed by atoms with Crippen molar-refractivity contribution in [2.45, 2.75) is 0 Å². The van der Waals surface area contributed by atoms with Gasteiger partial charge in [-0.3, -0.25) is 0 Å². The molecule has 14 heavy (non-hydrogen) atoms. The van der Waals surface area contributed by atoms with Crippen LogP contribution in [0.4, 0.5) is 5.69 Å². The number of nitrogen functional groups attached to an aromatic ring is 1. The average Bonchev–Trinajstić information content (AvgIpc) is 2.57. The van der Waals surface area contributed by atoms with Crippen molar-refractivity contribution in [2.24, 2.45) is 0 Å². The normalized spacial score (nSPS) is 8.57. The summed E-state index contributed by atoms with van der Waals surface area (Å²) >= 11 is 1.58. The van der Waals surface area contributed by atoms with Gasteiger partial charge in [0.15, 0.2) is 0 Å². The van der Waals surface area contributed by atoms with Crippen molar-refractivity contribution in [3.63, 3.8) is 0 Å². The van der Waals surface area contributed by atoms with Gasteiger partial charge in [-0.1, -0.05) is 18.2 Å². The molecule has 1 aromatic heterocycles. The molecular weight excluding hydrogens is 264 g/mol. The maximum atomic E-state index is 5.78. The van der Waals surface area contributed by atoms with E-state index in [9.17, 15) is 0 Å². The Bertz CT molecular complexity index is 378. The topological polar surface area (TPSA) is 70.4 Å². The summed E-state index contributed by atoms with van der Waals surface area (Å²) < 4.78 is 0. The highest BCUT2D eigenvalue weighted by Crippen LogP contribution is 2.24. The highest BCUT2D eigenvalue weighted by Gasteiger charge is 2.01. The Balaban J connectivity index is 0.000000845. The minimum atomic E-state index is 0. The monoisotopic (exact) mass is 274 g/mol. The van der Waals surface area contributed by atoms with Crippen molar-refractivity contribution in [3.05, 3.63) is 35.2 Å². The predicted octanol–water partition coefficient (Wildman–Crippen LogP) is 2.15. The lowest BCUT2D eigenvalue weighted by atomic mass is 10.1. The molecule has 0 atom stereocenters. The SMILES string of the molecule is Br.Nc1ccccc1-c1cscn1.O. The lowest BCUT2D eigenvalue weighted by Gasteiger charge is -1.99. The van der Waals surface area contributed by atoms with Crippen molar-refractivity contribution in [1.29, 1.82) is 0 Å². The number of thiazole rings is 1. The third-order valence-corrected chi connectivity index (χ3v) is 2.26. The van der Waals surface area contributed by atoms with Crippen LogP contribution in [0, 0.1) is 0 Å². The Labute approximate surface area is 96.7 Å². The van der Waals surface area contributed by atoms with E-state index in [1.54, 1.807) is 11.3 Å². The molecule has 0 aliphatic rings. The number of hydrogen-bond acceptors (Lipinski definition) is 3. The highest BCUT2D eigenvalue weighted by molar-refractivity contribution is 8.93. The van der Waals surface area contributed by atoms with Crippen LogP contribution in [0.3, 0.4) is 0 Å². The molecule has 2 rings (SSSR count). The van der Waals surface area contributed by atoms with Crippen LogP contribution in [0.25, 0.3) is 11.3 Å². The second-order valence-electron chi connectivity index (χ2n) is 2.46. The van der Waals surface area contributed by atoms with Gasteiger partial charge in [0.2, 0.25) is 0 Å². The number of anilines is 1. The van der Waals surface area contributed by atoms with Gasteiger partial charge in [0.05, 0.1) is 11.2 Å². The maximum Gasteiger partial charge on any atom is 0.0831 e. The molecule has 0 amide bonds. The minimum Gasteiger partial charge on any atom is -0.412 e. The summed E-state index contributed by atoms with van der Waals surface area (Å²) in [5.74, 6) is 0. The van der Waals surface area contributed by atoms with Crippen LogP contribution in [0.5, 0.6) is 0 Å². The Kier molecular flexibility index (Phi) is 5.37. The number of nitrogens with zero attached hydrogens (tertiary/aromatic N) is 1. The fourth-order valence-corrected chi connectivity index (χ4v) is 1.63. The molecule has 2 aromatic rings. The summed E-state index contributed by atoms with van der Waals surface area (Å²) in [5, 5.41) is 1.99. The molecular formula is C9H11BrN2OS. The number of halogens is 1. The molecule has 76 valence electrons. The Morgan fingerprint density at radius 1 is 1.21 bits per heavy atom. The first kappa shape index (κ1) is 13.1. The van der Waals surface area contributed by atoms with Gasteiger partial charge >= 0.3 is 0 Å². The minimum absolute atomic E-state index is 0. The van der Waals surface area contributed by atoms with E-state index in [4.69, 9.17) is 5.73 Å². The molecule has 0 saturated carbocycles. The van der Waals surface area contributed by atoms with Gasteiger partial charge in [-0.05, 0) is 6.07 Å². The van der Waals surface area contributed by atoms with Crippen LogP contribution in [0.2, 0.25) is 0 Å². The van der Waals surface area contributed by atoms with Crippen LogP contribution in [-0.2, 0) is 0 Å². The van der Waals surface area contributed by atoms with Crippen LogP contribution >= 0.6 is 28.3 Å². The summed E-state index contributed by atoms with van der Waals surface area (Å²) in [4.78, 5) is 4.19. The van der Waals surface area contributed by atoms with E-state index in [-0.39, 0.29) is 22.5 Å². The summed E-state index contributed by atoms with van der Waals surface area (Å²) in [7, 11) is 0. The molecule has 1 heterocycles. The molecule has 0 bridgehead atoms. The lowest BCUT2D eigenvalue weighted by Crippen LogP contribution is -1.88. The van der Waals surface area contributed by atoms with E-state index in [2.05, 4.69) is 4.98 Å². The zero-order chi connectivity index (χ0) is 8.39. The largest absolute Gasteiger partial charge is 0.412 e. The number of aromatic nitrogens is 1. The third-order valence-electron chi connectivity index (χ3n) is 1.67. The number of para-hydroxylation sites is 1. The van der Waals surface area contributed by atoms with Gasteiger partial charge < -0.3 is 11.2 Å². The predicted molar refractivity (Wildman–Crippen MR) is 65.9 cm³/mol. The molecule has 4 N–H and O–H groups in total. The van der Waals surface area contributed by atoms with Crippen LogP contribution in [0.15, 0.2) is 35.2 Å². The second kappa shape index (κ2) is 5.74. The van der Waals surface area contributed by atoms with Crippen LogP contribution < -0.4 is 5.73 Å². The zero-order valence-corrected chi connectivity index (χ0v) is 9.83. The number of hydrogen-bond donors (Lipinski definition) is 1. The van der Waals surface area contributed by atoms with Gasteiger partial charge in [0.25, 0.3) is 0 Å². The third kappa shape index (κ3) is 2.54. The van der Waals surface area contributed by atoms with E-state index in [0.717, 1.165) is 16.9 Å².